The molecular formula is C17H15ClO3S. The third-order valence-electron chi connectivity index (χ3n) is 3.28. The zero-order chi connectivity index (χ0) is 16.3. The summed E-state index contributed by atoms with van der Waals surface area (Å²) in [5, 5.41) is 9.17. The van der Waals surface area contributed by atoms with Crippen LogP contribution in [0.4, 0.5) is 0 Å². The molecule has 0 spiro atoms. The van der Waals surface area contributed by atoms with E-state index < -0.39 is 10.8 Å². The zero-order valence-corrected chi connectivity index (χ0v) is 13.7. The molecule has 5 heteroatoms. The lowest BCUT2D eigenvalue weighted by atomic mass is 9.97. The number of hydrogen-bond donors (Lipinski definition) is 1. The number of hydrogen-bond acceptors (Lipinski definition) is 3. The van der Waals surface area contributed by atoms with Crippen molar-refractivity contribution in [3.8, 4) is 11.1 Å². The molecule has 0 aliphatic carbocycles. The van der Waals surface area contributed by atoms with Crippen LogP contribution in [0.25, 0.3) is 11.1 Å². The van der Waals surface area contributed by atoms with Crippen molar-refractivity contribution in [2.24, 2.45) is 0 Å². The van der Waals surface area contributed by atoms with Crippen molar-refractivity contribution >= 4 is 34.4 Å². The first-order valence-electron chi connectivity index (χ1n) is 6.63. The number of rotatable bonds is 4. The number of thioether (sulfide) groups is 1. The Morgan fingerprint density at radius 1 is 1.09 bits per heavy atom. The molecule has 3 nitrogen and oxygen atoms in total. The first kappa shape index (κ1) is 16.6. The van der Waals surface area contributed by atoms with Gasteiger partial charge in [-0.05, 0) is 29.7 Å². The number of aliphatic carboxylic acids is 1. The lowest BCUT2D eigenvalue weighted by molar-refractivity contribution is -0.140. The monoisotopic (exact) mass is 334 g/mol. The quantitative estimate of drug-likeness (QED) is 0.659. The van der Waals surface area contributed by atoms with Crippen molar-refractivity contribution in [1.29, 1.82) is 0 Å². The first-order valence-corrected chi connectivity index (χ1v) is 7.82. The highest BCUT2D eigenvalue weighted by atomic mass is 35.5. The minimum absolute atomic E-state index is 0.0169. The second-order valence-corrected chi connectivity index (χ2v) is 6.95. The Balaban J connectivity index is 2.40. The molecule has 0 aromatic heterocycles. The SMILES string of the molecule is CC(=O)Sc1ccccc1-c1ccc(C(C)(Cl)C(=O)O)cc1. The summed E-state index contributed by atoms with van der Waals surface area (Å²) in [5.41, 5.74) is 2.36. The summed E-state index contributed by atoms with van der Waals surface area (Å²) in [6.45, 7) is 2.97. The molecule has 2 aromatic rings. The molecule has 1 unspecified atom stereocenters. The molecule has 1 N–H and O–H groups in total. The highest BCUT2D eigenvalue weighted by Gasteiger charge is 2.32. The molecule has 22 heavy (non-hydrogen) atoms. The fourth-order valence-corrected chi connectivity index (χ4v) is 2.91. The van der Waals surface area contributed by atoms with E-state index >= 15 is 0 Å². The van der Waals surface area contributed by atoms with Crippen molar-refractivity contribution in [3.63, 3.8) is 0 Å². The van der Waals surface area contributed by atoms with Crippen LogP contribution in [0.3, 0.4) is 0 Å². The first-order chi connectivity index (χ1) is 10.3. The molecule has 0 saturated heterocycles. The molecule has 0 fully saturated rings. The Hall–Kier alpha value is -1.78. The summed E-state index contributed by atoms with van der Waals surface area (Å²) < 4.78 is 0. The van der Waals surface area contributed by atoms with Gasteiger partial charge in [-0.3, -0.25) is 4.79 Å². The van der Waals surface area contributed by atoms with E-state index in [4.69, 9.17) is 16.7 Å². The van der Waals surface area contributed by atoms with E-state index in [1.807, 2.05) is 36.4 Å². The van der Waals surface area contributed by atoms with E-state index in [2.05, 4.69) is 0 Å². The third kappa shape index (κ3) is 3.51. The van der Waals surface area contributed by atoms with Gasteiger partial charge < -0.3 is 5.11 Å². The molecule has 1 atom stereocenters. The topological polar surface area (TPSA) is 54.4 Å². The lowest BCUT2D eigenvalue weighted by Crippen LogP contribution is -2.25. The van der Waals surface area contributed by atoms with Crippen LogP contribution in [0.5, 0.6) is 0 Å². The molecule has 0 amide bonds. The Bertz CT molecular complexity index is 708. The van der Waals surface area contributed by atoms with Gasteiger partial charge in [-0.25, -0.2) is 4.79 Å². The van der Waals surface area contributed by atoms with Gasteiger partial charge in [0.2, 0.25) is 0 Å². The predicted molar refractivity (Wildman–Crippen MR) is 89.3 cm³/mol. The summed E-state index contributed by atoms with van der Waals surface area (Å²) in [5.74, 6) is -1.09. The fraction of sp³-hybridized carbons (Fsp3) is 0.176. The van der Waals surface area contributed by atoms with Crippen molar-refractivity contribution in [1.82, 2.24) is 0 Å². The van der Waals surface area contributed by atoms with Gasteiger partial charge in [-0.2, -0.15) is 0 Å². The van der Waals surface area contributed by atoms with Crippen molar-refractivity contribution in [2.75, 3.05) is 0 Å². The normalized spacial score (nSPS) is 13.4. The number of carbonyl (C=O) groups excluding carboxylic acids is 1. The Kier molecular flexibility index (Phi) is 4.94. The van der Waals surface area contributed by atoms with Crippen LogP contribution in [-0.2, 0) is 14.5 Å². The molecule has 0 saturated carbocycles. The molecule has 0 aliphatic heterocycles. The van der Waals surface area contributed by atoms with Gasteiger partial charge in [0.05, 0.1) is 0 Å². The maximum Gasteiger partial charge on any atom is 0.329 e. The molecular weight excluding hydrogens is 320 g/mol. The van der Waals surface area contributed by atoms with Crippen LogP contribution >= 0.6 is 23.4 Å². The van der Waals surface area contributed by atoms with Gasteiger partial charge in [0, 0.05) is 11.8 Å². The van der Waals surface area contributed by atoms with Crippen LogP contribution in [0.15, 0.2) is 53.4 Å². The summed E-state index contributed by atoms with van der Waals surface area (Å²) in [7, 11) is 0. The molecule has 2 rings (SSSR count). The molecule has 0 bridgehead atoms. The summed E-state index contributed by atoms with van der Waals surface area (Å²) >= 11 is 7.22. The minimum atomic E-state index is -1.45. The Morgan fingerprint density at radius 3 is 2.23 bits per heavy atom. The standard InChI is InChI=1S/C17H15ClO3S/c1-11(19)22-15-6-4-3-5-14(15)12-7-9-13(10-8-12)17(2,18)16(20)21/h3-10H,1-2H3,(H,20,21). The zero-order valence-electron chi connectivity index (χ0n) is 12.2. The van der Waals surface area contributed by atoms with Crippen molar-refractivity contribution in [2.45, 2.75) is 23.6 Å². The van der Waals surface area contributed by atoms with E-state index in [0.29, 0.717) is 5.56 Å². The van der Waals surface area contributed by atoms with Crippen molar-refractivity contribution < 1.29 is 14.7 Å². The average Bonchev–Trinajstić information content (AvgIpc) is 2.47. The van der Waals surface area contributed by atoms with Gasteiger partial charge in [-0.1, -0.05) is 54.2 Å². The number of benzene rings is 2. The van der Waals surface area contributed by atoms with E-state index in [1.165, 1.54) is 25.6 Å². The van der Waals surface area contributed by atoms with Crippen LogP contribution in [0.1, 0.15) is 19.4 Å². The molecule has 114 valence electrons. The van der Waals surface area contributed by atoms with Gasteiger partial charge in [0.25, 0.3) is 0 Å². The van der Waals surface area contributed by atoms with E-state index in [9.17, 15) is 9.59 Å². The average molecular weight is 335 g/mol. The molecule has 0 radical (unpaired) electrons. The fourth-order valence-electron chi connectivity index (χ4n) is 2.04. The van der Waals surface area contributed by atoms with Crippen molar-refractivity contribution in [3.05, 3.63) is 54.1 Å². The molecule has 0 heterocycles. The van der Waals surface area contributed by atoms with Crippen LogP contribution in [0, 0.1) is 0 Å². The second-order valence-electron chi connectivity index (χ2n) is 4.98. The van der Waals surface area contributed by atoms with E-state index in [1.54, 1.807) is 12.1 Å². The minimum Gasteiger partial charge on any atom is -0.480 e. The summed E-state index contributed by atoms with van der Waals surface area (Å²) in [6, 6.07) is 14.6. The number of carboxylic acids is 1. The number of alkyl halides is 1. The second kappa shape index (κ2) is 6.55. The Labute approximate surface area is 138 Å². The largest absolute Gasteiger partial charge is 0.480 e. The smallest absolute Gasteiger partial charge is 0.329 e. The maximum atomic E-state index is 11.3. The van der Waals surface area contributed by atoms with Gasteiger partial charge in [0.1, 0.15) is 0 Å². The molecule has 0 aliphatic rings. The van der Waals surface area contributed by atoms with Gasteiger partial charge in [0.15, 0.2) is 9.99 Å². The number of carboxylic acid groups (broad SMARTS) is 1. The van der Waals surface area contributed by atoms with E-state index in [-0.39, 0.29) is 5.12 Å². The summed E-state index contributed by atoms with van der Waals surface area (Å²) in [6.07, 6.45) is 0. The Morgan fingerprint density at radius 2 is 1.68 bits per heavy atom. The molecule has 2 aromatic carbocycles. The van der Waals surface area contributed by atoms with Crippen LogP contribution in [0.2, 0.25) is 0 Å². The number of halogens is 1. The number of carbonyl (C=O) groups is 2. The highest BCUT2D eigenvalue weighted by molar-refractivity contribution is 8.13. The maximum absolute atomic E-state index is 11.3. The van der Waals surface area contributed by atoms with Crippen LogP contribution < -0.4 is 0 Å². The summed E-state index contributed by atoms with van der Waals surface area (Å²) in [4.78, 5) is 21.9. The lowest BCUT2D eigenvalue weighted by Gasteiger charge is -2.17. The van der Waals surface area contributed by atoms with Gasteiger partial charge in [-0.15, -0.1) is 11.6 Å². The van der Waals surface area contributed by atoms with Crippen LogP contribution in [-0.4, -0.2) is 16.2 Å². The van der Waals surface area contributed by atoms with E-state index in [0.717, 1.165) is 16.0 Å². The predicted octanol–water partition coefficient (Wildman–Crippen LogP) is 4.53. The highest BCUT2D eigenvalue weighted by Crippen LogP contribution is 2.34. The third-order valence-corrected chi connectivity index (χ3v) is 4.52. The van der Waals surface area contributed by atoms with Gasteiger partial charge >= 0.3 is 5.97 Å².